The van der Waals surface area contributed by atoms with Crippen molar-refractivity contribution >= 4 is 16.9 Å². The third kappa shape index (κ3) is 3.93. The first kappa shape index (κ1) is 18.8. The van der Waals surface area contributed by atoms with Crippen molar-refractivity contribution in [2.45, 2.75) is 45.8 Å². The summed E-state index contributed by atoms with van der Waals surface area (Å²) in [6, 6.07) is 2.58. The van der Waals surface area contributed by atoms with Gasteiger partial charge in [-0.05, 0) is 20.8 Å². The lowest BCUT2D eigenvalue weighted by molar-refractivity contribution is -0.159. The number of benzene rings is 1. The molecule has 0 aliphatic heterocycles. The Morgan fingerprint density at radius 2 is 2.00 bits per heavy atom. The predicted molar refractivity (Wildman–Crippen MR) is 91.0 cm³/mol. The van der Waals surface area contributed by atoms with E-state index < -0.39 is 23.1 Å². The van der Waals surface area contributed by atoms with Crippen molar-refractivity contribution in [3.05, 3.63) is 33.7 Å². The van der Waals surface area contributed by atoms with Crippen LogP contribution < -0.4 is 10.2 Å². The van der Waals surface area contributed by atoms with Gasteiger partial charge in [-0.25, -0.2) is 0 Å². The third-order valence-corrected chi connectivity index (χ3v) is 3.87. The monoisotopic (exact) mass is 350 g/mol. The number of hydrogen-bond donors (Lipinski definition) is 2. The molecule has 7 heteroatoms. The number of rotatable bonds is 5. The fourth-order valence-corrected chi connectivity index (χ4v) is 2.66. The number of fused-ring (bicyclic) bond motifs is 1. The van der Waals surface area contributed by atoms with Crippen LogP contribution in [-0.4, -0.2) is 35.0 Å². The number of aromatic hydroxyl groups is 1. The first-order valence-corrected chi connectivity index (χ1v) is 7.77. The molecule has 136 valence electrons. The van der Waals surface area contributed by atoms with Crippen LogP contribution in [0.4, 0.5) is 0 Å². The Kier molecular flexibility index (Phi) is 5.08. The average Bonchev–Trinajstić information content (AvgIpc) is 2.46. The minimum Gasteiger partial charge on any atom is -0.507 e. The third-order valence-electron chi connectivity index (χ3n) is 3.87. The highest BCUT2D eigenvalue weighted by Gasteiger charge is 2.32. The summed E-state index contributed by atoms with van der Waals surface area (Å²) >= 11 is 0. The summed E-state index contributed by atoms with van der Waals surface area (Å²) in [5.41, 5.74) is -1.18. The molecule has 2 aromatic rings. The van der Waals surface area contributed by atoms with Gasteiger partial charge in [0.1, 0.15) is 34.3 Å². The van der Waals surface area contributed by atoms with Gasteiger partial charge in [0.15, 0.2) is 5.43 Å². The molecule has 0 bridgehead atoms. The number of phenols is 1. The van der Waals surface area contributed by atoms with E-state index in [1.54, 1.807) is 6.92 Å². The zero-order valence-electron chi connectivity index (χ0n) is 14.9. The van der Waals surface area contributed by atoms with Crippen LogP contribution in [0.15, 0.2) is 21.3 Å². The van der Waals surface area contributed by atoms with E-state index >= 15 is 0 Å². The normalized spacial score (nSPS) is 12.9. The molecule has 1 heterocycles. The van der Waals surface area contributed by atoms with E-state index in [1.165, 1.54) is 40.0 Å². The first-order valence-electron chi connectivity index (χ1n) is 7.77. The Labute approximate surface area is 144 Å². The number of phenolic OH excluding ortho intramolecular Hbond substituents is 1. The Morgan fingerprint density at radius 1 is 1.36 bits per heavy atom. The Morgan fingerprint density at radius 3 is 2.52 bits per heavy atom. The summed E-state index contributed by atoms with van der Waals surface area (Å²) in [6.07, 6.45) is -0.868. The molecule has 1 aromatic carbocycles. The van der Waals surface area contributed by atoms with Crippen LogP contribution in [-0.2, 0) is 16.0 Å². The van der Waals surface area contributed by atoms with Crippen LogP contribution in [0.25, 0.3) is 11.0 Å². The van der Waals surface area contributed by atoms with Crippen LogP contribution in [0, 0.1) is 6.92 Å². The van der Waals surface area contributed by atoms with Gasteiger partial charge >= 0.3 is 5.97 Å². The topological polar surface area (TPSA) is 106 Å². The molecule has 0 amide bonds. The maximum Gasteiger partial charge on any atom is 0.303 e. The molecule has 0 aliphatic rings. The van der Waals surface area contributed by atoms with Crippen LogP contribution in [0.3, 0.4) is 0 Å². The number of carbonyl (C=O) groups excluding carboxylic acids is 1. The second-order valence-corrected chi connectivity index (χ2v) is 6.46. The van der Waals surface area contributed by atoms with Crippen molar-refractivity contribution < 1.29 is 28.9 Å². The van der Waals surface area contributed by atoms with Crippen molar-refractivity contribution in [3.8, 4) is 11.5 Å². The van der Waals surface area contributed by atoms with Gasteiger partial charge in [-0.2, -0.15) is 0 Å². The number of methoxy groups -OCH3 is 1. The fourth-order valence-electron chi connectivity index (χ4n) is 2.66. The number of esters is 1. The maximum atomic E-state index is 12.2. The Balaban J connectivity index is 2.72. The van der Waals surface area contributed by atoms with Gasteiger partial charge in [-0.3, -0.25) is 9.59 Å². The quantitative estimate of drug-likeness (QED) is 0.795. The van der Waals surface area contributed by atoms with E-state index in [0.717, 1.165) is 0 Å². The van der Waals surface area contributed by atoms with Gasteiger partial charge in [-0.15, -0.1) is 0 Å². The van der Waals surface area contributed by atoms with Crippen LogP contribution >= 0.6 is 0 Å². The molecular weight excluding hydrogens is 328 g/mol. The molecule has 0 aliphatic carbocycles. The molecule has 0 saturated carbocycles. The van der Waals surface area contributed by atoms with Crippen molar-refractivity contribution in [2.75, 3.05) is 7.11 Å². The van der Waals surface area contributed by atoms with Crippen LogP contribution in [0.1, 0.15) is 32.1 Å². The highest BCUT2D eigenvalue weighted by molar-refractivity contribution is 5.88. The Hall–Kier alpha value is -2.54. The summed E-state index contributed by atoms with van der Waals surface area (Å²) in [7, 11) is 1.41. The van der Waals surface area contributed by atoms with Crippen molar-refractivity contribution in [1.82, 2.24) is 0 Å². The van der Waals surface area contributed by atoms with E-state index in [-0.39, 0.29) is 28.9 Å². The highest BCUT2D eigenvalue weighted by Crippen LogP contribution is 2.36. The lowest BCUT2D eigenvalue weighted by Gasteiger charge is -2.29. The van der Waals surface area contributed by atoms with Gasteiger partial charge in [0.05, 0.1) is 12.7 Å². The van der Waals surface area contributed by atoms with Crippen LogP contribution in [0.5, 0.6) is 11.5 Å². The largest absolute Gasteiger partial charge is 0.507 e. The smallest absolute Gasteiger partial charge is 0.303 e. The summed E-state index contributed by atoms with van der Waals surface area (Å²) in [4.78, 5) is 23.6. The Bertz CT molecular complexity index is 858. The lowest BCUT2D eigenvalue weighted by Crippen LogP contribution is -2.41. The van der Waals surface area contributed by atoms with Gasteiger partial charge in [0, 0.05) is 31.0 Å². The fraction of sp³-hybridized carbons (Fsp3) is 0.444. The van der Waals surface area contributed by atoms with E-state index in [0.29, 0.717) is 11.3 Å². The van der Waals surface area contributed by atoms with Gasteiger partial charge in [0.2, 0.25) is 0 Å². The second kappa shape index (κ2) is 6.76. The van der Waals surface area contributed by atoms with E-state index in [9.17, 15) is 19.8 Å². The molecule has 2 rings (SSSR count). The number of aliphatic hydroxyl groups is 1. The minimum absolute atomic E-state index is 0.0127. The van der Waals surface area contributed by atoms with E-state index in [1.807, 2.05) is 0 Å². The van der Waals surface area contributed by atoms with Crippen LogP contribution in [0.2, 0.25) is 0 Å². The first-order chi connectivity index (χ1) is 11.5. The van der Waals surface area contributed by atoms with Crippen molar-refractivity contribution in [2.24, 2.45) is 0 Å². The van der Waals surface area contributed by atoms with E-state index in [2.05, 4.69) is 0 Å². The number of aryl methyl sites for hydroxylation is 1. The predicted octanol–water partition coefficient (Wildman–Crippen LogP) is 2.06. The molecular formula is C18H22O7. The molecule has 2 N–H and O–H groups in total. The SMILES string of the molecule is COc1cc(O)c2c(=O)cc(C)oc2c1CC(OC(C)=O)C(C)(C)O. The van der Waals surface area contributed by atoms with Crippen molar-refractivity contribution in [1.29, 1.82) is 0 Å². The molecule has 0 radical (unpaired) electrons. The summed E-state index contributed by atoms with van der Waals surface area (Å²) < 4.78 is 16.2. The molecule has 0 fully saturated rings. The average molecular weight is 350 g/mol. The molecule has 0 saturated heterocycles. The summed E-state index contributed by atoms with van der Waals surface area (Å²) in [5.74, 6) is -0.192. The lowest BCUT2D eigenvalue weighted by atomic mass is 9.93. The summed E-state index contributed by atoms with van der Waals surface area (Å²) in [6.45, 7) is 5.88. The molecule has 1 aromatic heterocycles. The molecule has 7 nitrogen and oxygen atoms in total. The zero-order chi connectivity index (χ0) is 18.9. The zero-order valence-corrected chi connectivity index (χ0v) is 14.9. The van der Waals surface area contributed by atoms with Gasteiger partial charge in [0.25, 0.3) is 0 Å². The number of hydrogen-bond acceptors (Lipinski definition) is 7. The van der Waals surface area contributed by atoms with Gasteiger partial charge in [-0.1, -0.05) is 0 Å². The number of carbonyl (C=O) groups is 1. The molecule has 1 atom stereocenters. The van der Waals surface area contributed by atoms with Gasteiger partial charge < -0.3 is 24.1 Å². The standard InChI is InChI=1S/C18H22O7/c1-9-6-12(20)16-13(21)8-14(23-5)11(17(16)24-9)7-15(18(3,4)22)25-10(2)19/h6,8,15,21-22H,7H2,1-5H3. The second-order valence-electron chi connectivity index (χ2n) is 6.46. The van der Waals surface area contributed by atoms with E-state index in [4.69, 9.17) is 13.9 Å². The maximum absolute atomic E-state index is 12.2. The molecule has 25 heavy (non-hydrogen) atoms. The summed E-state index contributed by atoms with van der Waals surface area (Å²) in [5, 5.41) is 20.5. The van der Waals surface area contributed by atoms with Crippen molar-refractivity contribution in [3.63, 3.8) is 0 Å². The molecule has 1 unspecified atom stereocenters. The highest BCUT2D eigenvalue weighted by atomic mass is 16.6. The molecule has 0 spiro atoms. The number of ether oxygens (including phenoxy) is 2. The minimum atomic E-state index is -1.34.